The van der Waals surface area contributed by atoms with Crippen molar-refractivity contribution >= 4 is 16.9 Å². The Bertz CT molecular complexity index is 641. The van der Waals surface area contributed by atoms with E-state index in [4.69, 9.17) is 5.73 Å². The second-order valence-corrected chi connectivity index (χ2v) is 5.03. The molecular formula is C15H20N2O2. The molecule has 1 heterocycles. The van der Waals surface area contributed by atoms with Crippen LogP contribution in [0, 0.1) is 13.8 Å². The van der Waals surface area contributed by atoms with E-state index in [2.05, 4.69) is 6.07 Å². The maximum absolute atomic E-state index is 11.4. The van der Waals surface area contributed by atoms with Gasteiger partial charge in [0.05, 0.1) is 11.1 Å². The van der Waals surface area contributed by atoms with Crippen LogP contribution in [0.5, 0.6) is 0 Å². The molecule has 0 saturated heterocycles. The van der Waals surface area contributed by atoms with Gasteiger partial charge in [-0.25, -0.2) is 4.79 Å². The van der Waals surface area contributed by atoms with Gasteiger partial charge in [-0.2, -0.15) is 0 Å². The Labute approximate surface area is 112 Å². The van der Waals surface area contributed by atoms with E-state index in [1.54, 1.807) is 6.07 Å². The van der Waals surface area contributed by atoms with Crippen molar-refractivity contribution in [3.8, 4) is 0 Å². The van der Waals surface area contributed by atoms with Gasteiger partial charge in [-0.15, -0.1) is 0 Å². The lowest BCUT2D eigenvalue weighted by Crippen LogP contribution is -2.02. The monoisotopic (exact) mass is 260 g/mol. The number of hydrogen-bond donors (Lipinski definition) is 2. The minimum absolute atomic E-state index is 0.375. The molecule has 0 amide bonds. The predicted molar refractivity (Wildman–Crippen MR) is 76.7 cm³/mol. The minimum atomic E-state index is -0.875. The zero-order chi connectivity index (χ0) is 14.2. The van der Waals surface area contributed by atoms with Gasteiger partial charge in [-0.3, -0.25) is 0 Å². The Balaban J connectivity index is 2.78. The number of nitrogens with two attached hydrogens (primary N) is 1. The fraction of sp³-hybridized carbons (Fsp3) is 0.400. The van der Waals surface area contributed by atoms with Crippen molar-refractivity contribution in [3.63, 3.8) is 0 Å². The summed E-state index contributed by atoms with van der Waals surface area (Å²) < 4.78 is 1.98. The van der Waals surface area contributed by atoms with Crippen molar-refractivity contribution in [2.75, 3.05) is 6.54 Å². The van der Waals surface area contributed by atoms with Crippen LogP contribution in [0.25, 0.3) is 10.9 Å². The van der Waals surface area contributed by atoms with E-state index in [1.165, 1.54) is 5.56 Å². The number of hydrogen-bond acceptors (Lipinski definition) is 2. The lowest BCUT2D eigenvalue weighted by molar-refractivity contribution is 0.0698. The van der Waals surface area contributed by atoms with Gasteiger partial charge in [0.15, 0.2) is 0 Å². The molecule has 0 atom stereocenters. The summed E-state index contributed by atoms with van der Waals surface area (Å²) in [5, 5.41) is 10.4. The SMILES string of the molecule is Cc1cc(C(=O)O)c2c(c1)c(CCCN)c(C)n2C. The van der Waals surface area contributed by atoms with E-state index in [0.717, 1.165) is 35.0 Å². The van der Waals surface area contributed by atoms with Crippen LogP contribution in [0.2, 0.25) is 0 Å². The summed E-state index contributed by atoms with van der Waals surface area (Å²) in [6, 6.07) is 3.80. The Hall–Kier alpha value is -1.81. The minimum Gasteiger partial charge on any atom is -0.478 e. The van der Waals surface area contributed by atoms with Gasteiger partial charge >= 0.3 is 5.97 Å². The number of benzene rings is 1. The third-order valence-electron chi connectivity index (χ3n) is 3.72. The van der Waals surface area contributed by atoms with Crippen LogP contribution in [-0.4, -0.2) is 22.2 Å². The van der Waals surface area contributed by atoms with Crippen LogP contribution >= 0.6 is 0 Å². The fourth-order valence-electron chi connectivity index (χ4n) is 2.69. The van der Waals surface area contributed by atoms with Gasteiger partial charge in [-0.1, -0.05) is 0 Å². The zero-order valence-corrected chi connectivity index (χ0v) is 11.7. The normalized spacial score (nSPS) is 11.2. The molecule has 102 valence electrons. The molecule has 1 aromatic carbocycles. The van der Waals surface area contributed by atoms with Crippen molar-refractivity contribution in [1.29, 1.82) is 0 Å². The lowest BCUT2D eigenvalue weighted by atomic mass is 10.0. The molecule has 0 unspecified atom stereocenters. The smallest absolute Gasteiger partial charge is 0.337 e. The Morgan fingerprint density at radius 2 is 2.05 bits per heavy atom. The maximum atomic E-state index is 11.4. The average molecular weight is 260 g/mol. The summed E-state index contributed by atoms with van der Waals surface area (Å²) in [6.45, 7) is 4.61. The van der Waals surface area contributed by atoms with E-state index in [1.807, 2.05) is 25.5 Å². The topological polar surface area (TPSA) is 68.2 Å². The van der Waals surface area contributed by atoms with Gasteiger partial charge in [0, 0.05) is 18.1 Å². The number of aromatic carboxylic acids is 1. The molecule has 2 aromatic rings. The highest BCUT2D eigenvalue weighted by molar-refractivity contribution is 6.04. The van der Waals surface area contributed by atoms with Crippen molar-refractivity contribution in [1.82, 2.24) is 4.57 Å². The molecule has 4 nitrogen and oxygen atoms in total. The Kier molecular flexibility index (Phi) is 3.62. The first-order chi connectivity index (χ1) is 8.97. The molecule has 3 N–H and O–H groups in total. The Morgan fingerprint density at radius 1 is 1.37 bits per heavy atom. The second-order valence-electron chi connectivity index (χ2n) is 5.03. The summed E-state index contributed by atoms with van der Waals surface area (Å²) in [6.07, 6.45) is 1.80. The van der Waals surface area contributed by atoms with Crippen LogP contribution in [0.1, 0.15) is 33.6 Å². The number of aryl methyl sites for hydroxylation is 3. The molecule has 0 spiro atoms. The van der Waals surface area contributed by atoms with Crippen molar-refractivity contribution < 1.29 is 9.90 Å². The number of fused-ring (bicyclic) bond motifs is 1. The first kappa shape index (κ1) is 13.6. The molecular weight excluding hydrogens is 240 g/mol. The highest BCUT2D eigenvalue weighted by Gasteiger charge is 2.18. The van der Waals surface area contributed by atoms with E-state index in [-0.39, 0.29) is 0 Å². The fourth-order valence-corrected chi connectivity index (χ4v) is 2.69. The molecule has 0 saturated carbocycles. The second kappa shape index (κ2) is 5.05. The van der Waals surface area contributed by atoms with Gasteiger partial charge in [0.25, 0.3) is 0 Å². The third-order valence-corrected chi connectivity index (χ3v) is 3.72. The maximum Gasteiger partial charge on any atom is 0.337 e. The molecule has 2 rings (SSSR count). The van der Waals surface area contributed by atoms with Crippen LogP contribution in [0.15, 0.2) is 12.1 Å². The number of aromatic nitrogens is 1. The quantitative estimate of drug-likeness (QED) is 0.886. The molecule has 1 aromatic heterocycles. The van der Waals surface area contributed by atoms with Gasteiger partial charge in [-0.05, 0) is 56.5 Å². The molecule has 0 aliphatic heterocycles. The van der Waals surface area contributed by atoms with E-state index in [0.29, 0.717) is 12.1 Å². The molecule has 0 aliphatic carbocycles. The predicted octanol–water partition coefficient (Wildman–Crippen LogP) is 2.38. The molecule has 0 fully saturated rings. The molecule has 0 aliphatic rings. The summed E-state index contributed by atoms with van der Waals surface area (Å²) in [5.74, 6) is -0.875. The van der Waals surface area contributed by atoms with Crippen LogP contribution in [-0.2, 0) is 13.5 Å². The number of carbonyl (C=O) groups is 1. The lowest BCUT2D eigenvalue weighted by Gasteiger charge is -2.04. The van der Waals surface area contributed by atoms with Crippen molar-refractivity contribution in [3.05, 3.63) is 34.5 Å². The van der Waals surface area contributed by atoms with E-state index in [9.17, 15) is 9.90 Å². The molecule has 0 radical (unpaired) electrons. The largest absolute Gasteiger partial charge is 0.478 e. The van der Waals surface area contributed by atoms with Gasteiger partial charge < -0.3 is 15.4 Å². The van der Waals surface area contributed by atoms with Crippen molar-refractivity contribution in [2.24, 2.45) is 12.8 Å². The highest BCUT2D eigenvalue weighted by Crippen LogP contribution is 2.30. The summed E-state index contributed by atoms with van der Waals surface area (Å²) in [5.41, 5.74) is 10.1. The van der Waals surface area contributed by atoms with Crippen LogP contribution < -0.4 is 5.73 Å². The van der Waals surface area contributed by atoms with E-state index < -0.39 is 5.97 Å². The highest BCUT2D eigenvalue weighted by atomic mass is 16.4. The first-order valence-corrected chi connectivity index (χ1v) is 6.49. The third kappa shape index (κ3) is 2.24. The van der Waals surface area contributed by atoms with Crippen molar-refractivity contribution in [2.45, 2.75) is 26.7 Å². The summed E-state index contributed by atoms with van der Waals surface area (Å²) in [4.78, 5) is 11.4. The standard InChI is InChI=1S/C15H20N2O2/c1-9-7-12-11(5-4-6-16)10(2)17(3)14(12)13(8-9)15(18)19/h7-8H,4-6,16H2,1-3H3,(H,18,19). The first-order valence-electron chi connectivity index (χ1n) is 6.49. The number of rotatable bonds is 4. The van der Waals surface area contributed by atoms with Gasteiger partial charge in [0.1, 0.15) is 0 Å². The van der Waals surface area contributed by atoms with Gasteiger partial charge in [0.2, 0.25) is 0 Å². The Morgan fingerprint density at radius 3 is 2.63 bits per heavy atom. The van der Waals surface area contributed by atoms with Crippen LogP contribution in [0.3, 0.4) is 0 Å². The number of carboxylic acid groups (broad SMARTS) is 1. The van der Waals surface area contributed by atoms with Crippen LogP contribution in [0.4, 0.5) is 0 Å². The number of carboxylic acids is 1. The summed E-state index contributed by atoms with van der Waals surface area (Å²) in [7, 11) is 1.92. The average Bonchev–Trinajstić information content (AvgIpc) is 2.59. The summed E-state index contributed by atoms with van der Waals surface area (Å²) >= 11 is 0. The van der Waals surface area contributed by atoms with E-state index >= 15 is 0 Å². The number of nitrogens with zero attached hydrogens (tertiary/aromatic N) is 1. The molecule has 0 bridgehead atoms. The molecule has 4 heteroatoms. The zero-order valence-electron chi connectivity index (χ0n) is 11.7. The molecule has 19 heavy (non-hydrogen) atoms.